The standard InChI is InChI=1S/C27H32N4OSi/c1-33(2,3)18-17-32-20-31-26(23-11-9-21(19-28)10-12-23)25(22-13-15-29-16-14-22)30-27(31)24-7-5-4-6-8-24/h4-16H,17-20,28H2,1-3H3. The molecule has 0 saturated heterocycles. The van der Waals surface area contributed by atoms with Gasteiger partial charge in [-0.05, 0) is 23.7 Å². The van der Waals surface area contributed by atoms with Crippen molar-refractivity contribution in [2.75, 3.05) is 6.61 Å². The van der Waals surface area contributed by atoms with E-state index in [0.717, 1.165) is 52.1 Å². The molecule has 6 heteroatoms. The van der Waals surface area contributed by atoms with Gasteiger partial charge in [0, 0.05) is 50.3 Å². The number of hydrogen-bond donors (Lipinski definition) is 1. The van der Waals surface area contributed by atoms with Crippen molar-refractivity contribution < 1.29 is 4.74 Å². The topological polar surface area (TPSA) is 66.0 Å². The molecule has 0 radical (unpaired) electrons. The van der Waals surface area contributed by atoms with Gasteiger partial charge in [0.05, 0.1) is 11.4 Å². The van der Waals surface area contributed by atoms with Crippen LogP contribution in [-0.2, 0) is 18.0 Å². The number of imidazole rings is 1. The van der Waals surface area contributed by atoms with Crippen molar-refractivity contribution in [2.24, 2.45) is 5.73 Å². The molecule has 2 aromatic carbocycles. The van der Waals surface area contributed by atoms with E-state index in [1.165, 1.54) is 0 Å². The number of rotatable bonds is 9. The Morgan fingerprint density at radius 3 is 2.18 bits per heavy atom. The summed E-state index contributed by atoms with van der Waals surface area (Å²) in [6.07, 6.45) is 3.62. The van der Waals surface area contributed by atoms with Gasteiger partial charge in [0.2, 0.25) is 0 Å². The number of nitrogens with two attached hydrogens (primary N) is 1. The summed E-state index contributed by atoms with van der Waals surface area (Å²) in [5, 5.41) is 0. The van der Waals surface area contributed by atoms with E-state index in [1.807, 2.05) is 42.7 Å². The first-order valence-electron chi connectivity index (χ1n) is 11.4. The van der Waals surface area contributed by atoms with Crippen molar-refractivity contribution in [1.82, 2.24) is 14.5 Å². The van der Waals surface area contributed by atoms with Gasteiger partial charge in [0.1, 0.15) is 12.6 Å². The molecule has 33 heavy (non-hydrogen) atoms. The molecule has 0 saturated carbocycles. The van der Waals surface area contributed by atoms with Crippen LogP contribution in [0.1, 0.15) is 5.56 Å². The number of hydrogen-bond acceptors (Lipinski definition) is 4. The van der Waals surface area contributed by atoms with Crippen molar-refractivity contribution in [3.8, 4) is 33.9 Å². The fourth-order valence-corrected chi connectivity index (χ4v) is 4.48. The van der Waals surface area contributed by atoms with Gasteiger partial charge in [0.25, 0.3) is 0 Å². The van der Waals surface area contributed by atoms with E-state index in [1.54, 1.807) is 0 Å². The molecule has 2 heterocycles. The lowest BCUT2D eigenvalue weighted by molar-refractivity contribution is 0.0893. The van der Waals surface area contributed by atoms with Gasteiger partial charge in [-0.1, -0.05) is 74.2 Å². The van der Waals surface area contributed by atoms with Gasteiger partial charge in [0.15, 0.2) is 0 Å². The molecule has 2 aromatic heterocycles. The van der Waals surface area contributed by atoms with Crippen LogP contribution in [0.2, 0.25) is 25.7 Å². The average molecular weight is 457 g/mol. The summed E-state index contributed by atoms with van der Waals surface area (Å²) in [4.78, 5) is 9.33. The van der Waals surface area contributed by atoms with Crippen molar-refractivity contribution in [2.45, 2.75) is 39.0 Å². The van der Waals surface area contributed by atoms with Crippen LogP contribution in [0.4, 0.5) is 0 Å². The smallest absolute Gasteiger partial charge is 0.143 e. The van der Waals surface area contributed by atoms with Crippen molar-refractivity contribution in [3.05, 3.63) is 84.7 Å². The molecule has 0 atom stereocenters. The number of pyridine rings is 1. The molecule has 2 N–H and O–H groups in total. The number of aromatic nitrogens is 3. The minimum Gasteiger partial charge on any atom is -0.361 e. The summed E-state index contributed by atoms with van der Waals surface area (Å²) in [6, 6.07) is 23.8. The second-order valence-electron chi connectivity index (χ2n) is 9.41. The van der Waals surface area contributed by atoms with E-state index in [9.17, 15) is 0 Å². The fourth-order valence-electron chi connectivity index (χ4n) is 3.72. The van der Waals surface area contributed by atoms with Crippen LogP contribution >= 0.6 is 0 Å². The molecule has 0 aliphatic carbocycles. The van der Waals surface area contributed by atoms with Gasteiger partial charge in [-0.25, -0.2) is 4.98 Å². The molecule has 0 aliphatic rings. The first-order valence-corrected chi connectivity index (χ1v) is 15.1. The van der Waals surface area contributed by atoms with Crippen LogP contribution in [0.15, 0.2) is 79.1 Å². The first kappa shape index (κ1) is 23.1. The summed E-state index contributed by atoms with van der Waals surface area (Å²) in [5.74, 6) is 0.897. The predicted octanol–water partition coefficient (Wildman–Crippen LogP) is 6.05. The normalized spacial score (nSPS) is 11.6. The third-order valence-electron chi connectivity index (χ3n) is 5.63. The molecule has 0 unspecified atom stereocenters. The summed E-state index contributed by atoms with van der Waals surface area (Å²) >= 11 is 0. The Kier molecular flexibility index (Phi) is 7.18. The van der Waals surface area contributed by atoms with E-state index < -0.39 is 8.07 Å². The van der Waals surface area contributed by atoms with Gasteiger partial charge in [-0.15, -0.1) is 0 Å². The molecule has 0 amide bonds. The minimum absolute atomic E-state index is 0.445. The van der Waals surface area contributed by atoms with E-state index in [0.29, 0.717) is 13.3 Å². The second-order valence-corrected chi connectivity index (χ2v) is 15.0. The van der Waals surface area contributed by atoms with E-state index in [-0.39, 0.29) is 0 Å². The van der Waals surface area contributed by atoms with Gasteiger partial charge in [-0.2, -0.15) is 0 Å². The third kappa shape index (κ3) is 5.65. The highest BCUT2D eigenvalue weighted by molar-refractivity contribution is 6.76. The quantitative estimate of drug-likeness (QED) is 0.246. The summed E-state index contributed by atoms with van der Waals surface area (Å²) < 4.78 is 8.44. The van der Waals surface area contributed by atoms with Crippen molar-refractivity contribution in [3.63, 3.8) is 0 Å². The second kappa shape index (κ2) is 10.3. The lowest BCUT2D eigenvalue weighted by Crippen LogP contribution is -2.22. The van der Waals surface area contributed by atoms with Crippen LogP contribution in [0.25, 0.3) is 33.9 Å². The van der Waals surface area contributed by atoms with Crippen LogP contribution in [-0.4, -0.2) is 29.2 Å². The Hall–Kier alpha value is -3.06. The fraction of sp³-hybridized carbons (Fsp3) is 0.259. The zero-order valence-electron chi connectivity index (χ0n) is 19.7. The van der Waals surface area contributed by atoms with Crippen LogP contribution in [0.5, 0.6) is 0 Å². The van der Waals surface area contributed by atoms with E-state index in [2.05, 4.69) is 65.6 Å². The molecule has 0 fully saturated rings. The van der Waals surface area contributed by atoms with Gasteiger partial charge in [-0.3, -0.25) is 9.55 Å². The summed E-state index contributed by atoms with van der Waals surface area (Å²) in [6.45, 7) is 8.82. The highest BCUT2D eigenvalue weighted by Gasteiger charge is 2.21. The molecule has 4 aromatic rings. The molecule has 170 valence electrons. The zero-order chi connectivity index (χ0) is 23.3. The SMILES string of the molecule is C[Si](C)(C)CCOCn1c(-c2ccccc2)nc(-c2ccncc2)c1-c1ccc(CN)cc1. The molecule has 0 spiro atoms. The number of ether oxygens (including phenoxy) is 1. The first-order chi connectivity index (χ1) is 16.0. The molecular formula is C27H32N4OSi. The van der Waals surface area contributed by atoms with Crippen LogP contribution in [0, 0.1) is 0 Å². The number of nitrogens with zero attached hydrogens (tertiary/aromatic N) is 3. The summed E-state index contributed by atoms with van der Waals surface area (Å²) in [5.41, 5.74) is 12.1. The Labute approximate surface area is 197 Å². The van der Waals surface area contributed by atoms with Crippen molar-refractivity contribution in [1.29, 1.82) is 0 Å². The average Bonchev–Trinajstić information content (AvgIpc) is 3.22. The molecule has 4 rings (SSSR count). The van der Waals surface area contributed by atoms with Gasteiger partial charge < -0.3 is 10.5 Å². The van der Waals surface area contributed by atoms with Gasteiger partial charge >= 0.3 is 0 Å². The molecule has 0 aliphatic heterocycles. The molecule has 5 nitrogen and oxygen atoms in total. The Bertz CT molecular complexity index is 1170. The molecule has 0 bridgehead atoms. The maximum Gasteiger partial charge on any atom is 0.143 e. The molecular weight excluding hydrogens is 424 g/mol. The van der Waals surface area contributed by atoms with E-state index in [4.69, 9.17) is 15.5 Å². The minimum atomic E-state index is -1.18. The Morgan fingerprint density at radius 1 is 0.848 bits per heavy atom. The number of benzene rings is 2. The third-order valence-corrected chi connectivity index (χ3v) is 7.34. The highest BCUT2D eigenvalue weighted by atomic mass is 28.3. The van der Waals surface area contributed by atoms with Crippen molar-refractivity contribution >= 4 is 8.07 Å². The zero-order valence-corrected chi connectivity index (χ0v) is 20.7. The maximum atomic E-state index is 6.24. The van der Waals surface area contributed by atoms with Crippen LogP contribution in [0.3, 0.4) is 0 Å². The monoisotopic (exact) mass is 456 g/mol. The largest absolute Gasteiger partial charge is 0.361 e. The lowest BCUT2D eigenvalue weighted by Gasteiger charge is -2.17. The Balaban J connectivity index is 1.85. The Morgan fingerprint density at radius 2 is 1.55 bits per heavy atom. The van der Waals surface area contributed by atoms with Crippen LogP contribution < -0.4 is 5.73 Å². The summed E-state index contributed by atoms with van der Waals surface area (Å²) in [7, 11) is -1.18. The lowest BCUT2D eigenvalue weighted by atomic mass is 10.0. The highest BCUT2D eigenvalue weighted by Crippen LogP contribution is 2.36. The predicted molar refractivity (Wildman–Crippen MR) is 138 cm³/mol. The maximum absolute atomic E-state index is 6.24. The van der Waals surface area contributed by atoms with E-state index >= 15 is 0 Å².